The van der Waals surface area contributed by atoms with E-state index in [0.29, 0.717) is 30.7 Å². The summed E-state index contributed by atoms with van der Waals surface area (Å²) in [5.74, 6) is -1.81. The normalized spacial score (nSPS) is 20.9. The minimum atomic E-state index is -0.541. The monoisotopic (exact) mass is 410 g/mol. The Morgan fingerprint density at radius 1 is 1.03 bits per heavy atom. The SMILES string of the molecule is CC.CC.CN(CC1CCC(C(=O)ON2C(=O)CCC2=O)CC1)C(=O)/C=C\C=O. The van der Waals surface area contributed by atoms with Gasteiger partial charge in [-0.15, -0.1) is 5.06 Å². The van der Waals surface area contributed by atoms with E-state index in [9.17, 15) is 24.0 Å². The number of aldehydes is 1. The van der Waals surface area contributed by atoms with Gasteiger partial charge in [-0.3, -0.25) is 19.2 Å². The molecule has 0 unspecified atom stereocenters. The van der Waals surface area contributed by atoms with Gasteiger partial charge in [0.2, 0.25) is 5.91 Å². The number of nitrogens with zero attached hydrogens (tertiary/aromatic N) is 2. The summed E-state index contributed by atoms with van der Waals surface area (Å²) in [5, 5.41) is 0.584. The first-order chi connectivity index (χ1) is 13.9. The van der Waals surface area contributed by atoms with Crippen molar-refractivity contribution in [3.63, 3.8) is 0 Å². The number of imide groups is 1. The zero-order valence-corrected chi connectivity index (χ0v) is 18.2. The maximum Gasteiger partial charge on any atom is 0.336 e. The van der Waals surface area contributed by atoms with Crippen LogP contribution in [0.15, 0.2) is 12.2 Å². The zero-order valence-electron chi connectivity index (χ0n) is 18.2. The Morgan fingerprint density at radius 3 is 2.03 bits per heavy atom. The average Bonchev–Trinajstić information content (AvgIpc) is 3.07. The largest absolute Gasteiger partial charge is 0.342 e. The maximum atomic E-state index is 12.1. The van der Waals surface area contributed by atoms with E-state index >= 15 is 0 Å². The first-order valence-corrected chi connectivity index (χ1v) is 10.4. The van der Waals surface area contributed by atoms with Gasteiger partial charge in [-0.25, -0.2) is 4.79 Å². The molecule has 1 saturated carbocycles. The lowest BCUT2D eigenvalue weighted by Gasteiger charge is -2.30. The number of hydrogen-bond donors (Lipinski definition) is 0. The molecule has 0 atom stereocenters. The number of carbonyl (C=O) groups excluding carboxylic acids is 5. The third-order valence-corrected chi connectivity index (χ3v) is 4.59. The molecule has 0 radical (unpaired) electrons. The molecule has 2 fully saturated rings. The van der Waals surface area contributed by atoms with Gasteiger partial charge in [-0.1, -0.05) is 27.7 Å². The third kappa shape index (κ3) is 8.58. The van der Waals surface area contributed by atoms with Crippen LogP contribution in [0.3, 0.4) is 0 Å². The van der Waals surface area contributed by atoms with Crippen molar-refractivity contribution >= 4 is 30.0 Å². The summed E-state index contributed by atoms with van der Waals surface area (Å²) in [6, 6.07) is 0. The van der Waals surface area contributed by atoms with Crippen molar-refractivity contribution < 1.29 is 28.8 Å². The van der Waals surface area contributed by atoms with Crippen LogP contribution in [0.25, 0.3) is 0 Å². The first-order valence-electron chi connectivity index (χ1n) is 10.4. The smallest absolute Gasteiger partial charge is 0.336 e. The molecule has 29 heavy (non-hydrogen) atoms. The summed E-state index contributed by atoms with van der Waals surface area (Å²) in [7, 11) is 1.67. The topological polar surface area (TPSA) is 101 Å². The highest BCUT2D eigenvalue weighted by atomic mass is 16.7. The second-order valence-corrected chi connectivity index (χ2v) is 6.42. The fraction of sp³-hybridized carbons (Fsp3) is 0.667. The standard InChI is InChI=1S/C17H22N2O6.2C2H6/c1-18(14(21)3-2-10-20)11-12-4-6-13(7-5-12)17(24)25-19-15(22)8-9-16(19)23;2*1-2/h2-3,10,12-13H,4-9,11H2,1H3;2*1-2H3/b3-2-;;. The van der Waals surface area contributed by atoms with Crippen molar-refractivity contribution in [3.05, 3.63) is 12.2 Å². The Bertz CT molecular complexity index is 578. The van der Waals surface area contributed by atoms with Gasteiger partial charge in [0.15, 0.2) is 0 Å². The van der Waals surface area contributed by atoms with Gasteiger partial charge in [-0.2, -0.15) is 0 Å². The van der Waals surface area contributed by atoms with E-state index in [4.69, 9.17) is 4.84 Å². The van der Waals surface area contributed by atoms with Crippen LogP contribution in [0.1, 0.15) is 66.2 Å². The molecular formula is C21H34N2O6. The molecule has 0 bridgehead atoms. The number of rotatable bonds is 6. The molecule has 0 spiro atoms. The molecule has 0 N–H and O–H groups in total. The second-order valence-electron chi connectivity index (χ2n) is 6.42. The molecular weight excluding hydrogens is 376 g/mol. The molecule has 1 heterocycles. The highest BCUT2D eigenvalue weighted by molar-refractivity contribution is 6.01. The summed E-state index contributed by atoms with van der Waals surface area (Å²) >= 11 is 0. The highest BCUT2D eigenvalue weighted by Gasteiger charge is 2.36. The fourth-order valence-electron chi connectivity index (χ4n) is 3.13. The van der Waals surface area contributed by atoms with Crippen LogP contribution in [0.2, 0.25) is 0 Å². The molecule has 2 aliphatic rings. The van der Waals surface area contributed by atoms with Crippen molar-refractivity contribution in [2.45, 2.75) is 66.2 Å². The average molecular weight is 411 g/mol. The Kier molecular flexibility index (Phi) is 13.2. The van der Waals surface area contributed by atoms with E-state index in [1.807, 2.05) is 27.7 Å². The van der Waals surface area contributed by atoms with Crippen molar-refractivity contribution in [3.8, 4) is 0 Å². The number of hydrogen-bond acceptors (Lipinski definition) is 6. The van der Waals surface area contributed by atoms with Gasteiger partial charge < -0.3 is 9.74 Å². The van der Waals surface area contributed by atoms with Gasteiger partial charge in [-0.05, 0) is 37.7 Å². The molecule has 1 aliphatic heterocycles. The maximum absolute atomic E-state index is 12.1. The molecule has 0 aromatic rings. The quantitative estimate of drug-likeness (QED) is 0.379. The lowest BCUT2D eigenvalue weighted by Crippen LogP contribution is -2.37. The van der Waals surface area contributed by atoms with E-state index in [0.717, 1.165) is 18.9 Å². The number of allylic oxidation sites excluding steroid dienone is 1. The van der Waals surface area contributed by atoms with Crippen LogP contribution >= 0.6 is 0 Å². The van der Waals surface area contributed by atoms with E-state index in [-0.39, 0.29) is 30.6 Å². The van der Waals surface area contributed by atoms with Gasteiger partial charge in [0.1, 0.15) is 6.29 Å². The van der Waals surface area contributed by atoms with E-state index in [2.05, 4.69) is 0 Å². The Balaban J connectivity index is 0.00000184. The molecule has 1 aliphatic carbocycles. The van der Waals surface area contributed by atoms with Gasteiger partial charge >= 0.3 is 5.97 Å². The van der Waals surface area contributed by atoms with Crippen LogP contribution < -0.4 is 0 Å². The fourth-order valence-corrected chi connectivity index (χ4v) is 3.13. The van der Waals surface area contributed by atoms with Gasteiger partial charge in [0.25, 0.3) is 11.8 Å². The zero-order chi connectivity index (χ0) is 22.4. The molecule has 0 aromatic heterocycles. The Morgan fingerprint density at radius 2 is 1.55 bits per heavy atom. The van der Waals surface area contributed by atoms with Gasteiger partial charge in [0, 0.05) is 32.5 Å². The van der Waals surface area contributed by atoms with Crippen molar-refractivity contribution in [2.24, 2.45) is 11.8 Å². The van der Waals surface area contributed by atoms with Crippen LogP contribution in [-0.2, 0) is 28.8 Å². The minimum absolute atomic E-state index is 0.0811. The van der Waals surface area contributed by atoms with E-state index in [1.54, 1.807) is 11.9 Å². The number of carbonyl (C=O) groups is 5. The summed E-state index contributed by atoms with van der Waals surface area (Å²) < 4.78 is 0. The van der Waals surface area contributed by atoms with E-state index in [1.165, 1.54) is 6.08 Å². The van der Waals surface area contributed by atoms with Crippen LogP contribution in [-0.4, -0.2) is 53.5 Å². The summed E-state index contributed by atoms with van der Waals surface area (Å²) in [4.78, 5) is 63.6. The van der Waals surface area contributed by atoms with Crippen LogP contribution in [0, 0.1) is 11.8 Å². The Labute approximate surface area is 173 Å². The summed E-state index contributed by atoms with van der Waals surface area (Å²) in [6.45, 7) is 8.55. The number of likely N-dealkylation sites (N-methyl/N-ethyl adjacent to an activating group) is 1. The lowest BCUT2D eigenvalue weighted by atomic mass is 9.82. The van der Waals surface area contributed by atoms with E-state index < -0.39 is 17.8 Å². The molecule has 0 aromatic carbocycles. The van der Waals surface area contributed by atoms with Crippen molar-refractivity contribution in [1.82, 2.24) is 9.96 Å². The highest BCUT2D eigenvalue weighted by Crippen LogP contribution is 2.30. The molecule has 1 saturated heterocycles. The molecule has 3 amide bonds. The minimum Gasteiger partial charge on any atom is -0.342 e. The predicted octanol–water partition coefficient (Wildman–Crippen LogP) is 2.67. The first kappa shape index (κ1) is 26.5. The summed E-state index contributed by atoms with van der Waals surface area (Å²) in [6.07, 6.45) is 5.77. The summed E-state index contributed by atoms with van der Waals surface area (Å²) in [5.41, 5.74) is 0. The predicted molar refractivity (Wildman–Crippen MR) is 108 cm³/mol. The number of amides is 3. The second kappa shape index (κ2) is 14.5. The molecule has 2 rings (SSSR count). The van der Waals surface area contributed by atoms with Crippen molar-refractivity contribution in [1.29, 1.82) is 0 Å². The number of hydroxylamine groups is 2. The third-order valence-electron chi connectivity index (χ3n) is 4.59. The van der Waals surface area contributed by atoms with Crippen LogP contribution in [0.4, 0.5) is 0 Å². The van der Waals surface area contributed by atoms with Crippen molar-refractivity contribution in [2.75, 3.05) is 13.6 Å². The molecule has 8 nitrogen and oxygen atoms in total. The molecule has 164 valence electrons. The van der Waals surface area contributed by atoms with Gasteiger partial charge in [0.05, 0.1) is 5.92 Å². The lowest BCUT2D eigenvalue weighted by molar-refractivity contribution is -0.201. The molecule has 8 heteroatoms. The Hall–Kier alpha value is -2.51. The van der Waals surface area contributed by atoms with Crippen LogP contribution in [0.5, 0.6) is 0 Å².